The van der Waals surface area contributed by atoms with Crippen LogP contribution >= 0.6 is 23.8 Å². The van der Waals surface area contributed by atoms with Gasteiger partial charge in [-0.1, -0.05) is 29.8 Å². The van der Waals surface area contributed by atoms with Crippen LogP contribution in [-0.4, -0.2) is 11.0 Å². The zero-order valence-electron chi connectivity index (χ0n) is 11.3. The van der Waals surface area contributed by atoms with E-state index in [1.54, 1.807) is 42.5 Å². The van der Waals surface area contributed by atoms with Crippen molar-refractivity contribution in [1.29, 1.82) is 0 Å². The topological polar surface area (TPSA) is 41.1 Å². The largest absolute Gasteiger partial charge is 0.332 e. The normalized spacial score (nSPS) is 10.5. The molecular formula is C16H12ClFN2OS. The first-order chi connectivity index (χ1) is 10.5. The van der Waals surface area contributed by atoms with Crippen LogP contribution in [0.25, 0.3) is 6.08 Å². The van der Waals surface area contributed by atoms with Gasteiger partial charge >= 0.3 is 0 Å². The van der Waals surface area contributed by atoms with Crippen LogP contribution in [0, 0.1) is 5.82 Å². The average Bonchev–Trinajstić information content (AvgIpc) is 2.46. The molecule has 0 spiro atoms. The van der Waals surface area contributed by atoms with Crippen LogP contribution in [0.3, 0.4) is 0 Å². The molecule has 3 nitrogen and oxygen atoms in total. The predicted octanol–water partition coefficient (Wildman–Crippen LogP) is 4.01. The van der Waals surface area contributed by atoms with Crippen molar-refractivity contribution >= 4 is 46.6 Å². The number of rotatable bonds is 3. The molecule has 2 rings (SSSR count). The summed E-state index contributed by atoms with van der Waals surface area (Å²) in [6.07, 6.45) is 2.88. The molecule has 0 aliphatic rings. The Morgan fingerprint density at radius 2 is 1.91 bits per heavy atom. The summed E-state index contributed by atoms with van der Waals surface area (Å²) in [6, 6.07) is 12.8. The number of amides is 1. The first-order valence-electron chi connectivity index (χ1n) is 6.34. The van der Waals surface area contributed by atoms with Crippen molar-refractivity contribution < 1.29 is 9.18 Å². The highest BCUT2D eigenvalue weighted by atomic mass is 35.5. The number of benzene rings is 2. The van der Waals surface area contributed by atoms with E-state index in [0.29, 0.717) is 16.3 Å². The van der Waals surface area contributed by atoms with E-state index in [1.165, 1.54) is 18.2 Å². The van der Waals surface area contributed by atoms with E-state index in [9.17, 15) is 9.18 Å². The minimum absolute atomic E-state index is 0.163. The third kappa shape index (κ3) is 5.27. The maximum atomic E-state index is 12.8. The third-order valence-corrected chi connectivity index (χ3v) is 3.06. The molecule has 6 heteroatoms. The van der Waals surface area contributed by atoms with E-state index < -0.39 is 0 Å². The quantitative estimate of drug-likeness (QED) is 0.658. The van der Waals surface area contributed by atoms with Gasteiger partial charge in [-0.3, -0.25) is 10.1 Å². The van der Waals surface area contributed by atoms with E-state index >= 15 is 0 Å². The molecule has 0 fully saturated rings. The molecule has 112 valence electrons. The van der Waals surface area contributed by atoms with Crippen molar-refractivity contribution in [3.63, 3.8) is 0 Å². The number of thiocarbonyl (C=S) groups is 1. The zero-order valence-corrected chi connectivity index (χ0v) is 12.9. The molecule has 0 aromatic heterocycles. The molecule has 0 heterocycles. The number of carbonyl (C=O) groups excluding carboxylic acids is 1. The van der Waals surface area contributed by atoms with Crippen molar-refractivity contribution in [1.82, 2.24) is 5.32 Å². The summed E-state index contributed by atoms with van der Waals surface area (Å²) in [7, 11) is 0. The number of halogens is 2. The van der Waals surface area contributed by atoms with Crippen LogP contribution in [0.1, 0.15) is 5.56 Å². The number of anilines is 1. The third-order valence-electron chi connectivity index (χ3n) is 2.62. The van der Waals surface area contributed by atoms with Crippen LogP contribution in [0.5, 0.6) is 0 Å². The first kappa shape index (κ1) is 16.1. The van der Waals surface area contributed by atoms with Gasteiger partial charge in [0.25, 0.3) is 0 Å². The maximum absolute atomic E-state index is 12.8. The van der Waals surface area contributed by atoms with Gasteiger partial charge < -0.3 is 5.32 Å². The minimum Gasteiger partial charge on any atom is -0.332 e. The Morgan fingerprint density at radius 1 is 1.18 bits per heavy atom. The van der Waals surface area contributed by atoms with Crippen molar-refractivity contribution in [3.8, 4) is 0 Å². The molecule has 0 aliphatic carbocycles. The standard InChI is InChI=1S/C16H12ClFN2OS/c17-12-2-1-3-14(10-12)19-16(22)20-15(21)9-6-11-4-7-13(18)8-5-11/h1-10H,(H2,19,20,21,22)/b9-6+. The summed E-state index contributed by atoms with van der Waals surface area (Å²) in [5, 5.41) is 6.09. The van der Waals surface area contributed by atoms with Crippen molar-refractivity contribution in [2.24, 2.45) is 0 Å². The van der Waals surface area contributed by atoms with Crippen LogP contribution in [0.15, 0.2) is 54.6 Å². The lowest BCUT2D eigenvalue weighted by atomic mass is 10.2. The fourth-order valence-corrected chi connectivity index (χ4v) is 2.04. The predicted molar refractivity (Wildman–Crippen MR) is 91.2 cm³/mol. The van der Waals surface area contributed by atoms with E-state index in [0.717, 1.165) is 0 Å². The number of carbonyl (C=O) groups is 1. The molecular weight excluding hydrogens is 323 g/mol. The van der Waals surface area contributed by atoms with Crippen molar-refractivity contribution in [2.75, 3.05) is 5.32 Å². The Morgan fingerprint density at radius 3 is 2.59 bits per heavy atom. The molecule has 0 radical (unpaired) electrons. The second-order valence-corrected chi connectivity index (χ2v) is 5.18. The molecule has 1 amide bonds. The molecule has 0 saturated heterocycles. The van der Waals surface area contributed by atoms with Crippen LogP contribution in [-0.2, 0) is 4.79 Å². The second kappa shape index (κ2) is 7.68. The summed E-state index contributed by atoms with van der Waals surface area (Å²) in [5.41, 5.74) is 1.39. The van der Waals surface area contributed by atoms with Gasteiger partial charge in [-0.15, -0.1) is 0 Å². The lowest BCUT2D eigenvalue weighted by Crippen LogP contribution is -2.32. The molecule has 0 saturated carbocycles. The SMILES string of the molecule is O=C(/C=C/c1ccc(F)cc1)NC(=S)Nc1cccc(Cl)c1. The van der Waals surface area contributed by atoms with Crippen LogP contribution in [0.2, 0.25) is 5.02 Å². The Hall–Kier alpha value is -2.24. The van der Waals surface area contributed by atoms with E-state index in [4.69, 9.17) is 23.8 Å². The van der Waals surface area contributed by atoms with E-state index in [-0.39, 0.29) is 16.8 Å². The van der Waals surface area contributed by atoms with Crippen molar-refractivity contribution in [3.05, 3.63) is 71.0 Å². The molecule has 2 aromatic rings. The second-order valence-electron chi connectivity index (χ2n) is 4.34. The highest BCUT2D eigenvalue weighted by Gasteiger charge is 2.02. The maximum Gasteiger partial charge on any atom is 0.250 e. The summed E-state index contributed by atoms with van der Waals surface area (Å²) >= 11 is 10.9. The van der Waals surface area contributed by atoms with Gasteiger partial charge in [0.15, 0.2) is 5.11 Å². The average molecular weight is 335 g/mol. The molecule has 2 N–H and O–H groups in total. The molecule has 0 aliphatic heterocycles. The Kier molecular flexibility index (Phi) is 5.63. The number of hydrogen-bond acceptors (Lipinski definition) is 2. The monoisotopic (exact) mass is 334 g/mol. The number of nitrogens with one attached hydrogen (secondary N) is 2. The lowest BCUT2D eigenvalue weighted by Gasteiger charge is -2.08. The fourth-order valence-electron chi connectivity index (χ4n) is 1.63. The van der Waals surface area contributed by atoms with Gasteiger partial charge in [-0.2, -0.15) is 0 Å². The summed E-state index contributed by atoms with van der Waals surface area (Å²) in [6.45, 7) is 0. The fraction of sp³-hybridized carbons (Fsp3) is 0. The Bertz CT molecular complexity index is 716. The minimum atomic E-state index is -0.385. The van der Waals surface area contributed by atoms with Gasteiger partial charge in [0.1, 0.15) is 5.82 Å². The Balaban J connectivity index is 1.88. The van der Waals surface area contributed by atoms with Gasteiger partial charge in [-0.05, 0) is 54.2 Å². The van der Waals surface area contributed by atoms with Gasteiger partial charge in [-0.25, -0.2) is 4.39 Å². The van der Waals surface area contributed by atoms with E-state index in [1.807, 2.05) is 0 Å². The zero-order chi connectivity index (χ0) is 15.9. The molecule has 0 unspecified atom stereocenters. The number of hydrogen-bond donors (Lipinski definition) is 2. The molecule has 0 atom stereocenters. The van der Waals surface area contributed by atoms with Gasteiger partial charge in [0.05, 0.1) is 0 Å². The highest BCUT2D eigenvalue weighted by Crippen LogP contribution is 2.14. The summed E-state index contributed by atoms with van der Waals surface area (Å²) in [5.74, 6) is -0.711. The van der Waals surface area contributed by atoms with Crippen LogP contribution in [0.4, 0.5) is 10.1 Å². The molecule has 0 bridgehead atoms. The van der Waals surface area contributed by atoms with E-state index in [2.05, 4.69) is 10.6 Å². The summed E-state index contributed by atoms with van der Waals surface area (Å²) < 4.78 is 12.8. The molecule has 22 heavy (non-hydrogen) atoms. The Labute approximate surface area is 137 Å². The summed E-state index contributed by atoms with van der Waals surface area (Å²) in [4.78, 5) is 11.7. The molecule has 2 aromatic carbocycles. The van der Waals surface area contributed by atoms with Gasteiger partial charge in [0.2, 0.25) is 5.91 Å². The van der Waals surface area contributed by atoms with Crippen molar-refractivity contribution in [2.45, 2.75) is 0 Å². The highest BCUT2D eigenvalue weighted by molar-refractivity contribution is 7.80. The van der Waals surface area contributed by atoms with Crippen LogP contribution < -0.4 is 10.6 Å². The smallest absolute Gasteiger partial charge is 0.250 e. The first-order valence-corrected chi connectivity index (χ1v) is 7.13. The van der Waals surface area contributed by atoms with Gasteiger partial charge in [0, 0.05) is 16.8 Å². The lowest BCUT2D eigenvalue weighted by molar-refractivity contribution is -0.115.